The van der Waals surface area contributed by atoms with Gasteiger partial charge in [-0.3, -0.25) is 4.79 Å². The molecular formula is C11H13NO4. The van der Waals surface area contributed by atoms with Crippen molar-refractivity contribution in [3.63, 3.8) is 0 Å². The van der Waals surface area contributed by atoms with Crippen molar-refractivity contribution in [2.75, 3.05) is 0 Å². The van der Waals surface area contributed by atoms with Crippen molar-refractivity contribution in [1.29, 1.82) is 0 Å². The molecule has 86 valence electrons. The van der Waals surface area contributed by atoms with Gasteiger partial charge in [0.1, 0.15) is 5.76 Å². The van der Waals surface area contributed by atoms with Crippen LogP contribution in [0.2, 0.25) is 0 Å². The maximum absolute atomic E-state index is 11.3. The Morgan fingerprint density at radius 1 is 1.31 bits per heavy atom. The summed E-state index contributed by atoms with van der Waals surface area (Å²) in [5, 5.41) is 28.2. The summed E-state index contributed by atoms with van der Waals surface area (Å²) in [7, 11) is 0. The van der Waals surface area contributed by atoms with Gasteiger partial charge >= 0.3 is 0 Å². The van der Waals surface area contributed by atoms with Gasteiger partial charge in [-0.15, -0.1) is 0 Å². The second kappa shape index (κ2) is 4.89. The van der Waals surface area contributed by atoms with E-state index in [2.05, 4.69) is 0 Å². The van der Waals surface area contributed by atoms with Crippen LogP contribution in [0.3, 0.4) is 0 Å². The Balaban J connectivity index is 3.43. The Hall–Kier alpha value is -1.69. The second-order valence-corrected chi connectivity index (χ2v) is 3.37. The number of Topliss-reactive ketones (excluding diaryl/α,β-unsaturated/α-hetero) is 1. The highest BCUT2D eigenvalue weighted by Crippen LogP contribution is 2.23. The SMILES string of the molecule is CC(=O)C(=C(C)O)c1ccccc1[NH+]([O-])O. The highest BCUT2D eigenvalue weighted by molar-refractivity contribution is 6.21. The van der Waals surface area contributed by atoms with E-state index in [0.29, 0.717) is 0 Å². The van der Waals surface area contributed by atoms with Crippen molar-refractivity contribution in [2.45, 2.75) is 13.8 Å². The number of aliphatic hydroxyl groups is 1. The van der Waals surface area contributed by atoms with Crippen LogP contribution in [0.4, 0.5) is 5.69 Å². The molecule has 0 saturated heterocycles. The van der Waals surface area contributed by atoms with Gasteiger partial charge in [-0.25, -0.2) is 5.21 Å². The van der Waals surface area contributed by atoms with Gasteiger partial charge in [0, 0.05) is 6.07 Å². The van der Waals surface area contributed by atoms with Crippen LogP contribution in [-0.2, 0) is 4.79 Å². The van der Waals surface area contributed by atoms with E-state index in [1.165, 1.54) is 26.0 Å². The van der Waals surface area contributed by atoms with Crippen molar-refractivity contribution in [2.24, 2.45) is 0 Å². The van der Waals surface area contributed by atoms with Gasteiger partial charge in [-0.1, -0.05) is 12.1 Å². The molecule has 0 aliphatic carbocycles. The molecule has 16 heavy (non-hydrogen) atoms. The fourth-order valence-corrected chi connectivity index (χ4v) is 1.53. The predicted octanol–water partition coefficient (Wildman–Crippen LogP) is 0.968. The third kappa shape index (κ3) is 2.46. The zero-order valence-electron chi connectivity index (χ0n) is 9.02. The summed E-state index contributed by atoms with van der Waals surface area (Å²) in [5.74, 6) is -0.546. The highest BCUT2D eigenvalue weighted by atomic mass is 16.8. The summed E-state index contributed by atoms with van der Waals surface area (Å²) in [6, 6.07) is 6.08. The minimum absolute atomic E-state index is 0.00102. The van der Waals surface area contributed by atoms with Crippen LogP contribution in [0.15, 0.2) is 30.0 Å². The Bertz CT molecular complexity index is 433. The summed E-state index contributed by atoms with van der Waals surface area (Å²) < 4.78 is 0. The number of benzene rings is 1. The maximum Gasteiger partial charge on any atom is 0.171 e. The van der Waals surface area contributed by atoms with Crippen LogP contribution in [0.1, 0.15) is 19.4 Å². The molecule has 1 rings (SSSR count). The molecule has 0 fully saturated rings. The van der Waals surface area contributed by atoms with Gasteiger partial charge in [0.25, 0.3) is 0 Å². The normalized spacial score (nSPS) is 14.2. The Morgan fingerprint density at radius 3 is 2.31 bits per heavy atom. The third-order valence-electron chi connectivity index (χ3n) is 2.14. The number of carbonyl (C=O) groups excluding carboxylic acids is 1. The lowest BCUT2D eigenvalue weighted by Crippen LogP contribution is -2.99. The largest absolute Gasteiger partial charge is 0.595 e. The van der Waals surface area contributed by atoms with Gasteiger partial charge in [-0.05, 0) is 19.9 Å². The molecule has 0 amide bonds. The van der Waals surface area contributed by atoms with E-state index in [9.17, 15) is 15.1 Å². The molecule has 0 spiro atoms. The number of carbonyl (C=O) groups is 1. The van der Waals surface area contributed by atoms with Crippen molar-refractivity contribution in [3.8, 4) is 0 Å². The number of allylic oxidation sites excluding steroid dienone is 2. The van der Waals surface area contributed by atoms with Crippen LogP contribution in [0, 0.1) is 5.21 Å². The predicted molar refractivity (Wildman–Crippen MR) is 58.1 cm³/mol. The van der Waals surface area contributed by atoms with Crippen LogP contribution in [-0.4, -0.2) is 16.1 Å². The Kier molecular flexibility index (Phi) is 3.78. The summed E-state index contributed by atoms with van der Waals surface area (Å²) in [6.45, 7) is 2.64. The zero-order valence-corrected chi connectivity index (χ0v) is 9.02. The average Bonchev–Trinajstić information content (AvgIpc) is 2.17. The maximum atomic E-state index is 11.3. The van der Waals surface area contributed by atoms with E-state index in [4.69, 9.17) is 5.21 Å². The lowest BCUT2D eigenvalue weighted by molar-refractivity contribution is -0.991. The summed E-state index contributed by atoms with van der Waals surface area (Å²) in [6.07, 6.45) is 0. The van der Waals surface area contributed by atoms with Crippen LogP contribution in [0.25, 0.3) is 5.57 Å². The molecule has 1 aromatic carbocycles. The quantitative estimate of drug-likeness (QED) is 0.405. The molecule has 1 unspecified atom stereocenters. The molecular weight excluding hydrogens is 210 g/mol. The summed E-state index contributed by atoms with van der Waals surface area (Å²) >= 11 is 0. The fraction of sp³-hybridized carbons (Fsp3) is 0.182. The minimum Gasteiger partial charge on any atom is -0.595 e. The number of aliphatic hydroxyl groups excluding tert-OH is 1. The van der Waals surface area contributed by atoms with E-state index in [1.807, 2.05) is 0 Å². The molecule has 0 aromatic heterocycles. The van der Waals surface area contributed by atoms with Crippen LogP contribution < -0.4 is 5.23 Å². The Labute approximate surface area is 92.8 Å². The summed E-state index contributed by atoms with van der Waals surface area (Å²) in [5.41, 5.74) is 0.279. The van der Waals surface area contributed by atoms with Gasteiger partial charge in [-0.2, -0.15) is 5.23 Å². The first-order valence-electron chi connectivity index (χ1n) is 4.68. The minimum atomic E-state index is -1.13. The number of hydrogen-bond donors (Lipinski definition) is 3. The number of rotatable bonds is 3. The smallest absolute Gasteiger partial charge is 0.171 e. The monoisotopic (exact) mass is 223 g/mol. The van der Waals surface area contributed by atoms with E-state index in [0.717, 1.165) is 0 Å². The first kappa shape index (κ1) is 12.4. The van der Waals surface area contributed by atoms with Gasteiger partial charge < -0.3 is 10.3 Å². The number of ketones is 1. The average molecular weight is 223 g/mol. The van der Waals surface area contributed by atoms with Crippen molar-refractivity contribution < 1.29 is 20.3 Å². The topological polar surface area (TPSA) is 85.0 Å². The molecule has 0 heterocycles. The molecule has 0 radical (unpaired) electrons. The van der Waals surface area contributed by atoms with Gasteiger partial charge in [0.15, 0.2) is 11.5 Å². The molecule has 0 bridgehead atoms. The van der Waals surface area contributed by atoms with Crippen LogP contribution >= 0.6 is 0 Å². The van der Waals surface area contributed by atoms with Crippen molar-refractivity contribution >= 4 is 17.0 Å². The van der Waals surface area contributed by atoms with E-state index in [-0.39, 0.29) is 28.4 Å². The molecule has 0 aliphatic heterocycles. The lowest BCUT2D eigenvalue weighted by Gasteiger charge is -2.16. The third-order valence-corrected chi connectivity index (χ3v) is 2.14. The van der Waals surface area contributed by atoms with Gasteiger partial charge in [0.2, 0.25) is 0 Å². The van der Waals surface area contributed by atoms with Crippen LogP contribution in [0.5, 0.6) is 0 Å². The molecule has 0 saturated carbocycles. The number of quaternary nitrogens is 1. The number of nitrogens with one attached hydrogen (secondary N) is 1. The van der Waals surface area contributed by atoms with Crippen molar-refractivity contribution in [3.05, 3.63) is 40.8 Å². The summed E-state index contributed by atoms with van der Waals surface area (Å²) in [4.78, 5) is 11.3. The van der Waals surface area contributed by atoms with Crippen molar-refractivity contribution in [1.82, 2.24) is 0 Å². The Morgan fingerprint density at radius 2 is 1.88 bits per heavy atom. The molecule has 1 aromatic rings. The highest BCUT2D eigenvalue weighted by Gasteiger charge is 2.18. The molecule has 5 nitrogen and oxygen atoms in total. The molecule has 3 N–H and O–H groups in total. The fourth-order valence-electron chi connectivity index (χ4n) is 1.53. The van der Waals surface area contributed by atoms with E-state index >= 15 is 0 Å². The number of para-hydroxylation sites is 1. The zero-order chi connectivity index (χ0) is 12.3. The van der Waals surface area contributed by atoms with Gasteiger partial charge in [0.05, 0.1) is 11.1 Å². The first-order valence-corrected chi connectivity index (χ1v) is 4.68. The standard InChI is InChI=1S/C11H13NO4/c1-7(13)11(8(2)14)9-5-3-4-6-10(9)12(15)16/h3-6,12-13,15H,1-2H3. The van der Waals surface area contributed by atoms with E-state index < -0.39 is 5.23 Å². The van der Waals surface area contributed by atoms with E-state index in [1.54, 1.807) is 12.1 Å². The number of hydrogen-bond acceptors (Lipinski definition) is 4. The first-order chi connectivity index (χ1) is 7.45. The molecule has 0 aliphatic rings. The molecule has 5 heteroatoms. The second-order valence-electron chi connectivity index (χ2n) is 3.37. The molecule has 1 atom stereocenters. The lowest BCUT2D eigenvalue weighted by atomic mass is 10.00.